The summed E-state index contributed by atoms with van der Waals surface area (Å²) >= 11 is 6.02. The van der Waals surface area contributed by atoms with Crippen molar-refractivity contribution >= 4 is 39.9 Å². The molecule has 1 atom stereocenters. The summed E-state index contributed by atoms with van der Waals surface area (Å²) in [5.41, 5.74) is 0.728. The van der Waals surface area contributed by atoms with E-state index in [2.05, 4.69) is 4.98 Å². The van der Waals surface area contributed by atoms with Crippen LogP contribution in [0.25, 0.3) is 11.0 Å². The molecule has 0 saturated carbocycles. The molecule has 7 nitrogen and oxygen atoms in total. The second-order valence-electron chi connectivity index (χ2n) is 7.21. The summed E-state index contributed by atoms with van der Waals surface area (Å²) in [7, 11) is 0. The Kier molecular flexibility index (Phi) is 4.68. The Morgan fingerprint density at radius 2 is 1.81 bits per heavy atom. The molecule has 1 amide bonds. The van der Waals surface area contributed by atoms with Crippen LogP contribution in [0.4, 0.5) is 5.69 Å². The predicted octanol–water partition coefficient (Wildman–Crippen LogP) is 4.97. The maximum Gasteiger partial charge on any atom is 0.294 e. The monoisotopic (exact) mass is 446 g/mol. The van der Waals surface area contributed by atoms with Crippen LogP contribution in [0.15, 0.2) is 88.7 Å². The van der Waals surface area contributed by atoms with Crippen molar-refractivity contribution in [3.63, 3.8) is 0 Å². The topological polar surface area (TPSA) is 104 Å². The van der Waals surface area contributed by atoms with E-state index in [1.165, 1.54) is 24.4 Å². The zero-order valence-electron chi connectivity index (χ0n) is 16.4. The van der Waals surface area contributed by atoms with E-state index in [0.717, 1.165) is 4.90 Å². The number of anilines is 1. The molecule has 1 aliphatic rings. The molecule has 4 aromatic rings. The zero-order valence-corrected chi connectivity index (χ0v) is 17.2. The number of amides is 1. The molecule has 32 heavy (non-hydrogen) atoms. The van der Waals surface area contributed by atoms with Gasteiger partial charge in [-0.25, -0.2) is 0 Å². The number of rotatable bonds is 4. The molecule has 0 bridgehead atoms. The third kappa shape index (κ3) is 3.11. The van der Waals surface area contributed by atoms with Gasteiger partial charge in [0.1, 0.15) is 17.4 Å². The molecule has 1 unspecified atom stereocenters. The molecule has 158 valence electrons. The number of hydrogen-bond acceptors (Lipinski definition) is 6. The number of nitrogens with zero attached hydrogens (tertiary/aromatic N) is 2. The third-order valence-electron chi connectivity index (χ3n) is 5.26. The number of hydrogen-bond donors (Lipinski definition) is 2. The van der Waals surface area contributed by atoms with Crippen LogP contribution < -0.4 is 4.90 Å². The molecule has 2 N–H and O–H groups in total. The van der Waals surface area contributed by atoms with Gasteiger partial charge in [0.15, 0.2) is 11.5 Å². The van der Waals surface area contributed by atoms with Crippen LogP contribution in [0.3, 0.4) is 0 Å². The highest BCUT2D eigenvalue weighted by Crippen LogP contribution is 2.44. The zero-order chi connectivity index (χ0) is 22.4. The van der Waals surface area contributed by atoms with Crippen molar-refractivity contribution < 1.29 is 24.2 Å². The fourth-order valence-electron chi connectivity index (χ4n) is 3.83. The van der Waals surface area contributed by atoms with Crippen molar-refractivity contribution in [2.45, 2.75) is 6.04 Å². The number of carbonyl (C=O) groups is 2. The van der Waals surface area contributed by atoms with Crippen molar-refractivity contribution in [2.75, 3.05) is 4.90 Å². The van der Waals surface area contributed by atoms with Crippen LogP contribution >= 0.6 is 11.6 Å². The number of benzene rings is 2. The summed E-state index contributed by atoms with van der Waals surface area (Å²) in [6, 6.07) is 16.6. The number of aliphatic hydroxyl groups is 1. The van der Waals surface area contributed by atoms with Gasteiger partial charge in [-0.05, 0) is 48.5 Å². The maximum absolute atomic E-state index is 13.5. The summed E-state index contributed by atoms with van der Waals surface area (Å²) in [5.74, 6) is -2.47. The standard InChI is InChI=1S/C24H15ClN2O5/c25-14-8-9-18-13(11-14)12-19(32-18)22(29)20-21(15-5-3-4-10-26-15)27(24(31)23(20)30)16-6-1-2-7-17(16)28/h1-12,21,28,30H. The molecular formula is C24H15ClN2O5. The first-order valence-electron chi connectivity index (χ1n) is 9.65. The van der Waals surface area contributed by atoms with Crippen molar-refractivity contribution in [1.29, 1.82) is 0 Å². The maximum atomic E-state index is 13.5. The van der Waals surface area contributed by atoms with Crippen LogP contribution in [-0.4, -0.2) is 26.9 Å². The Balaban J connectivity index is 1.67. The SMILES string of the molecule is O=C(C1=C(O)C(=O)N(c2ccccc2O)C1c1ccccn1)c1cc2cc(Cl)ccc2o1. The van der Waals surface area contributed by atoms with E-state index in [1.807, 2.05) is 0 Å². The first kappa shape index (κ1) is 19.8. The lowest BCUT2D eigenvalue weighted by Crippen LogP contribution is -2.31. The van der Waals surface area contributed by atoms with Crippen molar-refractivity contribution in [3.05, 3.63) is 101 Å². The molecule has 0 spiro atoms. The van der Waals surface area contributed by atoms with Crippen LogP contribution in [-0.2, 0) is 4.79 Å². The van der Waals surface area contributed by atoms with Crippen LogP contribution in [0.5, 0.6) is 5.75 Å². The summed E-state index contributed by atoms with van der Waals surface area (Å²) < 4.78 is 5.68. The minimum absolute atomic E-state index is 0.0586. The number of aliphatic hydroxyl groups excluding tert-OH is 1. The second-order valence-corrected chi connectivity index (χ2v) is 7.64. The van der Waals surface area contributed by atoms with Gasteiger partial charge < -0.3 is 14.6 Å². The second kappa shape index (κ2) is 7.55. The summed E-state index contributed by atoms with van der Waals surface area (Å²) in [4.78, 5) is 32.0. The minimum Gasteiger partial charge on any atom is -0.506 e. The number of aromatic hydroxyl groups is 1. The summed E-state index contributed by atoms with van der Waals surface area (Å²) in [6.45, 7) is 0. The van der Waals surface area contributed by atoms with E-state index in [0.29, 0.717) is 21.7 Å². The molecular weight excluding hydrogens is 432 g/mol. The lowest BCUT2D eigenvalue weighted by Gasteiger charge is -2.26. The predicted molar refractivity (Wildman–Crippen MR) is 118 cm³/mol. The Labute approximate surface area is 186 Å². The first-order valence-corrected chi connectivity index (χ1v) is 10.0. The highest BCUT2D eigenvalue weighted by molar-refractivity contribution is 6.31. The van der Waals surface area contributed by atoms with Gasteiger partial charge in [-0.15, -0.1) is 0 Å². The molecule has 3 heterocycles. The number of phenolic OH excluding ortho intramolecular Hbond substituents is 1. The van der Waals surface area contributed by atoms with Gasteiger partial charge in [-0.2, -0.15) is 0 Å². The van der Waals surface area contributed by atoms with Gasteiger partial charge in [-0.3, -0.25) is 19.5 Å². The number of Topliss-reactive ketones (excluding diaryl/α,β-unsaturated/α-hetero) is 1. The first-order chi connectivity index (χ1) is 15.5. The molecule has 8 heteroatoms. The summed E-state index contributed by atoms with van der Waals surface area (Å²) in [6.07, 6.45) is 1.52. The van der Waals surface area contributed by atoms with Gasteiger partial charge in [0.2, 0.25) is 5.78 Å². The van der Waals surface area contributed by atoms with Crippen LogP contribution in [0, 0.1) is 0 Å². The van der Waals surface area contributed by atoms with Crippen LogP contribution in [0.1, 0.15) is 22.3 Å². The number of fused-ring (bicyclic) bond motifs is 1. The molecule has 0 aliphatic carbocycles. The molecule has 0 radical (unpaired) electrons. The number of phenols is 1. The van der Waals surface area contributed by atoms with Crippen molar-refractivity contribution in [2.24, 2.45) is 0 Å². The van der Waals surface area contributed by atoms with Gasteiger partial charge in [0.05, 0.1) is 17.0 Å². The van der Waals surface area contributed by atoms with Crippen molar-refractivity contribution in [3.8, 4) is 5.75 Å². The fourth-order valence-corrected chi connectivity index (χ4v) is 4.01. The largest absolute Gasteiger partial charge is 0.506 e. The summed E-state index contributed by atoms with van der Waals surface area (Å²) in [5, 5.41) is 22.2. The number of halogens is 1. The normalized spacial score (nSPS) is 16.2. The van der Waals surface area contributed by atoms with Crippen molar-refractivity contribution in [1.82, 2.24) is 4.98 Å². The minimum atomic E-state index is -1.07. The van der Waals surface area contributed by atoms with Crippen LogP contribution in [0.2, 0.25) is 5.02 Å². The fraction of sp³-hybridized carbons (Fsp3) is 0.0417. The lowest BCUT2D eigenvalue weighted by atomic mass is 9.98. The van der Waals surface area contributed by atoms with E-state index >= 15 is 0 Å². The Hall–Kier alpha value is -4.10. The number of furan rings is 1. The van der Waals surface area contributed by atoms with Gasteiger partial charge in [-0.1, -0.05) is 29.8 Å². The number of pyridine rings is 1. The Morgan fingerprint density at radius 1 is 1.03 bits per heavy atom. The quantitative estimate of drug-likeness (QED) is 0.429. The van der Waals surface area contributed by atoms with Gasteiger partial charge >= 0.3 is 0 Å². The lowest BCUT2D eigenvalue weighted by molar-refractivity contribution is -0.117. The number of carbonyl (C=O) groups excluding carboxylic acids is 2. The number of ketones is 1. The van der Waals surface area contributed by atoms with E-state index in [1.54, 1.807) is 48.5 Å². The Morgan fingerprint density at radius 3 is 2.56 bits per heavy atom. The number of aromatic nitrogens is 1. The third-order valence-corrected chi connectivity index (χ3v) is 5.50. The van der Waals surface area contributed by atoms with E-state index in [-0.39, 0.29) is 22.8 Å². The average molecular weight is 447 g/mol. The molecule has 5 rings (SSSR count). The van der Waals surface area contributed by atoms with E-state index in [4.69, 9.17) is 16.0 Å². The number of para-hydroxylation sites is 2. The van der Waals surface area contributed by atoms with Gasteiger partial charge in [0.25, 0.3) is 5.91 Å². The average Bonchev–Trinajstić information content (AvgIpc) is 3.33. The highest BCUT2D eigenvalue weighted by atomic mass is 35.5. The molecule has 0 saturated heterocycles. The van der Waals surface area contributed by atoms with Gasteiger partial charge in [0, 0.05) is 16.6 Å². The van der Waals surface area contributed by atoms with E-state index < -0.39 is 23.5 Å². The highest BCUT2D eigenvalue weighted by Gasteiger charge is 2.46. The van der Waals surface area contributed by atoms with E-state index in [9.17, 15) is 19.8 Å². The Bertz CT molecular complexity index is 1410. The molecule has 1 aliphatic heterocycles. The smallest absolute Gasteiger partial charge is 0.294 e. The molecule has 2 aromatic carbocycles. The molecule has 2 aromatic heterocycles. The molecule has 0 fully saturated rings.